The molecule has 2 nitrogen and oxygen atoms in total. The van der Waals surface area contributed by atoms with E-state index in [9.17, 15) is 0 Å². The van der Waals surface area contributed by atoms with Gasteiger partial charge in [0.25, 0.3) is 5.84 Å². The predicted molar refractivity (Wildman–Crippen MR) is 98.3 cm³/mol. The highest BCUT2D eigenvalue weighted by Gasteiger charge is 2.03. The monoisotopic (exact) mass is 325 g/mol. The van der Waals surface area contributed by atoms with Crippen molar-refractivity contribution in [3.8, 4) is 0 Å². The molecule has 3 rings (SSSR count). The topological polar surface area (TPSA) is 6.48 Å². The fourth-order valence-electron chi connectivity index (χ4n) is 1.65. The van der Waals surface area contributed by atoms with Gasteiger partial charge < -0.3 is 9.80 Å². The zero-order valence-electron chi connectivity index (χ0n) is 12.7. The first-order chi connectivity index (χ1) is 10.7. The zero-order valence-corrected chi connectivity index (χ0v) is 14.3. The summed E-state index contributed by atoms with van der Waals surface area (Å²) in [6, 6.07) is 20.8. The zero-order chi connectivity index (χ0) is 15.6. The summed E-state index contributed by atoms with van der Waals surface area (Å²) in [5.41, 5.74) is 0. The molecule has 111 valence electrons. The third kappa shape index (κ3) is 6.54. The highest BCUT2D eigenvalue weighted by molar-refractivity contribution is 8.50. The second kappa shape index (κ2) is 9.54. The van der Waals surface area contributed by atoms with Crippen LogP contribution in [0, 0.1) is 6.67 Å². The maximum atomic E-state index is 2.97. The van der Waals surface area contributed by atoms with Gasteiger partial charge in [-0.2, -0.15) is 23.2 Å². The van der Waals surface area contributed by atoms with Gasteiger partial charge in [-0.1, -0.05) is 36.4 Å². The molecule has 0 saturated heterocycles. The summed E-state index contributed by atoms with van der Waals surface area (Å²) in [5, 5.41) is 0. The lowest BCUT2D eigenvalue weighted by molar-refractivity contribution is 0.433. The molecule has 2 aromatic rings. The van der Waals surface area contributed by atoms with Gasteiger partial charge in [-0.3, -0.25) is 0 Å². The quantitative estimate of drug-likeness (QED) is 0.767. The third-order valence-electron chi connectivity index (χ3n) is 2.68. The SMILES string of the molecule is CN1[C]N(C)C=C1.[B](Sc1ccccc1)Sc1ccccc1. The number of hydrogen-bond donors (Lipinski definition) is 0. The van der Waals surface area contributed by atoms with E-state index in [1.807, 2.05) is 48.4 Å². The molecule has 0 aromatic heterocycles. The summed E-state index contributed by atoms with van der Waals surface area (Å²) in [4.78, 5) is 6.31. The van der Waals surface area contributed by atoms with E-state index in [-0.39, 0.29) is 0 Å². The highest BCUT2D eigenvalue weighted by atomic mass is 32.2. The van der Waals surface area contributed by atoms with Crippen molar-refractivity contribution in [1.82, 2.24) is 9.80 Å². The van der Waals surface area contributed by atoms with Crippen molar-refractivity contribution in [2.24, 2.45) is 0 Å². The van der Waals surface area contributed by atoms with Crippen molar-refractivity contribution >= 4 is 29.1 Å². The average molecular weight is 325 g/mol. The first-order valence-electron chi connectivity index (χ1n) is 6.89. The first-order valence-corrected chi connectivity index (χ1v) is 8.65. The molecular formula is C17H18BN2S2. The molecule has 1 aliphatic rings. The Morgan fingerprint density at radius 2 is 1.14 bits per heavy atom. The smallest absolute Gasteiger partial charge is 0.281 e. The summed E-state index contributed by atoms with van der Waals surface area (Å²) in [5.74, 6) is 2.16. The van der Waals surface area contributed by atoms with Gasteiger partial charge in [0.2, 0.25) is 6.67 Å². The van der Waals surface area contributed by atoms with Gasteiger partial charge in [-0.05, 0) is 34.1 Å². The summed E-state index contributed by atoms with van der Waals surface area (Å²) in [7, 11) is 3.89. The van der Waals surface area contributed by atoms with Gasteiger partial charge in [0.05, 0.1) is 0 Å². The van der Waals surface area contributed by atoms with E-state index < -0.39 is 0 Å². The van der Waals surface area contributed by atoms with Crippen molar-refractivity contribution in [3.05, 3.63) is 79.7 Å². The van der Waals surface area contributed by atoms with Gasteiger partial charge in [-0.15, -0.1) is 0 Å². The summed E-state index contributed by atoms with van der Waals surface area (Å²) in [6.07, 6.45) is 3.89. The van der Waals surface area contributed by atoms with Crippen molar-refractivity contribution in [3.63, 3.8) is 0 Å². The van der Waals surface area contributed by atoms with E-state index in [1.165, 1.54) is 9.79 Å². The molecule has 0 unspecified atom stereocenters. The lowest BCUT2D eigenvalue weighted by Crippen LogP contribution is -2.10. The second-order valence-electron chi connectivity index (χ2n) is 4.58. The standard InChI is InChI=1S/C12H10BS2.C5H8N2/c1-3-7-11(8-4-1)14-13-15-12-9-5-2-6-10-12;1-6-3-4-7(2)5-6/h1-10H;3-4H,1-2H3. The van der Waals surface area contributed by atoms with Crippen LogP contribution in [0.1, 0.15) is 0 Å². The second-order valence-corrected chi connectivity index (χ2v) is 6.76. The summed E-state index contributed by atoms with van der Waals surface area (Å²) < 4.78 is 0. The molecule has 2 aromatic carbocycles. The van der Waals surface area contributed by atoms with E-state index >= 15 is 0 Å². The normalized spacial score (nSPS) is 12.8. The van der Waals surface area contributed by atoms with Crippen LogP contribution >= 0.6 is 23.2 Å². The maximum Gasteiger partial charge on any atom is 0.281 e. The summed E-state index contributed by atoms with van der Waals surface area (Å²) in [6.45, 7) is 2.97. The van der Waals surface area contributed by atoms with Crippen LogP contribution in [0.15, 0.2) is 82.9 Å². The Labute approximate surface area is 142 Å². The molecule has 0 bridgehead atoms. The number of benzene rings is 2. The predicted octanol–water partition coefficient (Wildman–Crippen LogP) is 4.44. The molecule has 0 saturated carbocycles. The minimum absolute atomic E-state index is 1.28. The van der Waals surface area contributed by atoms with Crippen LogP contribution in [0.5, 0.6) is 0 Å². The fourth-order valence-corrected chi connectivity index (χ4v) is 3.36. The third-order valence-corrected chi connectivity index (χ3v) is 4.54. The molecule has 0 atom stereocenters. The van der Waals surface area contributed by atoms with Crippen molar-refractivity contribution in [2.75, 3.05) is 14.1 Å². The van der Waals surface area contributed by atoms with E-state index in [1.54, 1.807) is 23.2 Å². The lowest BCUT2D eigenvalue weighted by Gasteiger charge is -2.07. The van der Waals surface area contributed by atoms with Crippen molar-refractivity contribution in [1.29, 1.82) is 0 Å². The molecule has 0 aliphatic carbocycles. The van der Waals surface area contributed by atoms with Gasteiger partial charge in [0.15, 0.2) is 0 Å². The average Bonchev–Trinajstić information content (AvgIpc) is 2.93. The Morgan fingerprint density at radius 3 is 1.45 bits per heavy atom. The van der Waals surface area contributed by atoms with Crippen LogP contribution in [0.4, 0.5) is 0 Å². The van der Waals surface area contributed by atoms with E-state index in [0.717, 1.165) is 0 Å². The van der Waals surface area contributed by atoms with Crippen LogP contribution < -0.4 is 0 Å². The molecule has 1 heterocycles. The number of nitrogens with zero attached hydrogens (tertiary/aromatic N) is 2. The Kier molecular flexibility index (Phi) is 7.33. The van der Waals surface area contributed by atoms with E-state index in [2.05, 4.69) is 61.0 Å². The van der Waals surface area contributed by atoms with Gasteiger partial charge in [0, 0.05) is 26.5 Å². The van der Waals surface area contributed by atoms with E-state index in [4.69, 9.17) is 0 Å². The van der Waals surface area contributed by atoms with Crippen LogP contribution in [-0.4, -0.2) is 29.7 Å². The fraction of sp³-hybridized carbons (Fsp3) is 0.118. The molecule has 0 spiro atoms. The molecule has 22 heavy (non-hydrogen) atoms. The molecule has 0 N–H and O–H groups in total. The largest absolute Gasteiger partial charge is 0.349 e. The van der Waals surface area contributed by atoms with E-state index in [0.29, 0.717) is 0 Å². The minimum atomic E-state index is 1.28. The first kappa shape index (κ1) is 16.9. The minimum Gasteiger partial charge on any atom is -0.349 e. The molecule has 0 amide bonds. The molecule has 0 fully saturated rings. The van der Waals surface area contributed by atoms with Crippen molar-refractivity contribution < 1.29 is 0 Å². The highest BCUT2D eigenvalue weighted by Crippen LogP contribution is 2.24. The van der Waals surface area contributed by atoms with Crippen LogP contribution in [-0.2, 0) is 0 Å². The molecule has 3 radical (unpaired) electrons. The Morgan fingerprint density at radius 1 is 0.727 bits per heavy atom. The van der Waals surface area contributed by atoms with Crippen LogP contribution in [0.3, 0.4) is 0 Å². The van der Waals surface area contributed by atoms with Crippen LogP contribution in [0.2, 0.25) is 0 Å². The number of hydrogen-bond acceptors (Lipinski definition) is 4. The summed E-state index contributed by atoms with van der Waals surface area (Å²) >= 11 is 3.51. The maximum absolute atomic E-state index is 2.97. The lowest BCUT2D eigenvalue weighted by atomic mass is 10.4. The molecule has 5 heteroatoms. The van der Waals surface area contributed by atoms with Crippen molar-refractivity contribution in [2.45, 2.75) is 9.79 Å². The Balaban J connectivity index is 0.000000211. The van der Waals surface area contributed by atoms with Gasteiger partial charge >= 0.3 is 0 Å². The molecule has 1 aliphatic heterocycles. The van der Waals surface area contributed by atoms with Gasteiger partial charge in [0.1, 0.15) is 0 Å². The molecular weight excluding hydrogens is 307 g/mol. The Bertz CT molecular complexity index is 514. The number of rotatable bonds is 4. The Hall–Kier alpha value is -1.46. The van der Waals surface area contributed by atoms with Crippen LogP contribution in [0.25, 0.3) is 0 Å². The van der Waals surface area contributed by atoms with Gasteiger partial charge in [-0.25, -0.2) is 0 Å².